The third-order valence-corrected chi connectivity index (χ3v) is 2.96. The maximum atomic E-state index is 13.0. The molecule has 0 aliphatic rings. The first-order valence-electron chi connectivity index (χ1n) is 7.05. The fraction of sp³-hybridized carbons (Fsp3) is 0.467. The third kappa shape index (κ3) is 5.17. The summed E-state index contributed by atoms with van der Waals surface area (Å²) in [7, 11) is 0. The molecule has 0 saturated heterocycles. The molecule has 0 radical (unpaired) electrons. The molecule has 1 rings (SSSR count). The van der Waals surface area contributed by atoms with Crippen molar-refractivity contribution in [3.63, 3.8) is 0 Å². The zero-order chi connectivity index (χ0) is 18.4. The van der Waals surface area contributed by atoms with E-state index in [4.69, 9.17) is 4.74 Å². The highest BCUT2D eigenvalue weighted by Gasteiger charge is 2.63. The van der Waals surface area contributed by atoms with Crippen molar-refractivity contribution in [1.82, 2.24) is 5.32 Å². The SMILES string of the molecule is CCCOC(=O)C(Cc1ccccc1)NC(=O)C(F)(F)C(F)(F)F. The summed E-state index contributed by atoms with van der Waals surface area (Å²) in [6.45, 7) is 1.63. The molecule has 1 atom stereocenters. The molecule has 1 aromatic carbocycles. The Bertz CT molecular complexity index is 560. The highest BCUT2D eigenvalue weighted by Crippen LogP contribution is 2.35. The molecule has 0 bridgehead atoms. The van der Waals surface area contributed by atoms with Crippen LogP contribution in [0, 0.1) is 0 Å². The van der Waals surface area contributed by atoms with E-state index in [1.54, 1.807) is 25.1 Å². The topological polar surface area (TPSA) is 55.4 Å². The lowest BCUT2D eigenvalue weighted by Crippen LogP contribution is -2.55. The van der Waals surface area contributed by atoms with E-state index in [9.17, 15) is 31.5 Å². The van der Waals surface area contributed by atoms with Crippen molar-refractivity contribution in [3.8, 4) is 0 Å². The van der Waals surface area contributed by atoms with Crippen LogP contribution >= 0.6 is 0 Å². The number of alkyl halides is 5. The van der Waals surface area contributed by atoms with Gasteiger partial charge in [-0.3, -0.25) is 4.79 Å². The van der Waals surface area contributed by atoms with E-state index in [-0.39, 0.29) is 13.0 Å². The Morgan fingerprint density at radius 2 is 1.71 bits per heavy atom. The molecular formula is C15H16F5NO3. The molecule has 1 amide bonds. The zero-order valence-electron chi connectivity index (χ0n) is 12.7. The zero-order valence-corrected chi connectivity index (χ0v) is 12.7. The van der Waals surface area contributed by atoms with Crippen LogP contribution < -0.4 is 5.32 Å². The number of ether oxygens (including phenoxy) is 1. The number of hydrogen-bond donors (Lipinski definition) is 1. The largest absolute Gasteiger partial charge is 0.464 e. The second-order valence-electron chi connectivity index (χ2n) is 4.96. The van der Waals surface area contributed by atoms with Crippen LogP contribution in [0.25, 0.3) is 0 Å². The summed E-state index contributed by atoms with van der Waals surface area (Å²) in [6.07, 6.45) is -5.90. The van der Waals surface area contributed by atoms with E-state index in [0.717, 1.165) is 0 Å². The summed E-state index contributed by atoms with van der Waals surface area (Å²) in [6, 6.07) is 6.26. The predicted molar refractivity (Wildman–Crippen MR) is 74.3 cm³/mol. The van der Waals surface area contributed by atoms with Gasteiger partial charge in [0.1, 0.15) is 6.04 Å². The lowest BCUT2D eigenvalue weighted by atomic mass is 10.1. The highest BCUT2D eigenvalue weighted by atomic mass is 19.4. The van der Waals surface area contributed by atoms with Crippen LogP contribution in [0.15, 0.2) is 30.3 Å². The van der Waals surface area contributed by atoms with Crippen molar-refractivity contribution in [2.75, 3.05) is 6.61 Å². The minimum Gasteiger partial charge on any atom is -0.464 e. The Morgan fingerprint density at radius 3 is 2.21 bits per heavy atom. The summed E-state index contributed by atoms with van der Waals surface area (Å²) in [5.41, 5.74) is 0.464. The average molecular weight is 353 g/mol. The van der Waals surface area contributed by atoms with Gasteiger partial charge in [0.2, 0.25) is 0 Å². The van der Waals surface area contributed by atoms with Crippen LogP contribution in [0.2, 0.25) is 0 Å². The van der Waals surface area contributed by atoms with Crippen LogP contribution in [0.1, 0.15) is 18.9 Å². The first-order valence-corrected chi connectivity index (χ1v) is 7.05. The van der Waals surface area contributed by atoms with Gasteiger partial charge in [0, 0.05) is 6.42 Å². The van der Waals surface area contributed by atoms with Gasteiger partial charge in [-0.25, -0.2) is 4.79 Å². The fourth-order valence-electron chi connectivity index (χ4n) is 1.72. The fourth-order valence-corrected chi connectivity index (χ4v) is 1.72. The Balaban J connectivity index is 2.93. The first kappa shape index (κ1) is 19.9. The van der Waals surface area contributed by atoms with E-state index in [0.29, 0.717) is 12.0 Å². The second kappa shape index (κ2) is 8.07. The number of carbonyl (C=O) groups excluding carboxylic acids is 2. The molecule has 24 heavy (non-hydrogen) atoms. The van der Waals surface area contributed by atoms with Gasteiger partial charge >= 0.3 is 24.0 Å². The Hall–Kier alpha value is -2.19. The molecule has 1 N–H and O–H groups in total. The van der Waals surface area contributed by atoms with E-state index in [1.807, 2.05) is 0 Å². The molecule has 0 spiro atoms. The smallest absolute Gasteiger partial charge is 0.463 e. The lowest BCUT2D eigenvalue weighted by Gasteiger charge is -2.23. The molecule has 0 aliphatic heterocycles. The second-order valence-corrected chi connectivity index (χ2v) is 4.96. The molecule has 0 heterocycles. The maximum absolute atomic E-state index is 13.0. The maximum Gasteiger partial charge on any atom is 0.463 e. The van der Waals surface area contributed by atoms with Crippen molar-refractivity contribution < 1.29 is 36.3 Å². The van der Waals surface area contributed by atoms with Gasteiger partial charge in [-0.15, -0.1) is 0 Å². The molecule has 0 aliphatic carbocycles. The number of rotatable bonds is 7. The minimum absolute atomic E-state index is 0.0460. The van der Waals surface area contributed by atoms with Gasteiger partial charge in [-0.2, -0.15) is 22.0 Å². The third-order valence-electron chi connectivity index (χ3n) is 2.96. The summed E-state index contributed by atoms with van der Waals surface area (Å²) >= 11 is 0. The standard InChI is InChI=1S/C15H16F5NO3/c1-2-8-24-12(22)11(9-10-6-4-3-5-7-10)21-13(23)14(16,17)15(18,19)20/h3-7,11H,2,8-9H2,1H3,(H,21,23). The van der Waals surface area contributed by atoms with Crippen LogP contribution in [0.3, 0.4) is 0 Å². The minimum atomic E-state index is -6.05. The quantitative estimate of drug-likeness (QED) is 0.606. The van der Waals surface area contributed by atoms with E-state index < -0.39 is 30.0 Å². The molecule has 1 unspecified atom stereocenters. The van der Waals surface area contributed by atoms with Crippen LogP contribution in [-0.4, -0.2) is 36.6 Å². The molecule has 0 saturated carbocycles. The Morgan fingerprint density at radius 1 is 1.12 bits per heavy atom. The summed E-state index contributed by atoms with van der Waals surface area (Å²) in [4.78, 5) is 23.2. The van der Waals surface area contributed by atoms with Gasteiger partial charge in [0.05, 0.1) is 6.61 Å². The molecule has 9 heteroatoms. The number of hydrogen-bond acceptors (Lipinski definition) is 3. The molecule has 0 aromatic heterocycles. The number of amides is 1. The van der Waals surface area contributed by atoms with Gasteiger partial charge in [-0.1, -0.05) is 37.3 Å². The molecule has 134 valence electrons. The van der Waals surface area contributed by atoms with Crippen molar-refractivity contribution in [2.45, 2.75) is 37.9 Å². The Kier molecular flexibility index (Phi) is 6.68. The number of carbonyl (C=O) groups is 2. The number of benzene rings is 1. The molecular weight excluding hydrogens is 337 g/mol. The van der Waals surface area contributed by atoms with Crippen molar-refractivity contribution >= 4 is 11.9 Å². The molecule has 4 nitrogen and oxygen atoms in total. The van der Waals surface area contributed by atoms with Crippen molar-refractivity contribution in [3.05, 3.63) is 35.9 Å². The molecule has 1 aromatic rings. The summed E-state index contributed by atoms with van der Waals surface area (Å²) in [5.74, 6) is -9.27. The van der Waals surface area contributed by atoms with Crippen molar-refractivity contribution in [2.24, 2.45) is 0 Å². The van der Waals surface area contributed by atoms with Crippen molar-refractivity contribution in [1.29, 1.82) is 0 Å². The number of nitrogens with one attached hydrogen (secondary N) is 1. The van der Waals surface area contributed by atoms with Crippen LogP contribution in [0.4, 0.5) is 22.0 Å². The average Bonchev–Trinajstić information content (AvgIpc) is 2.51. The normalized spacial score (nSPS) is 13.2. The van der Waals surface area contributed by atoms with Crippen LogP contribution in [0.5, 0.6) is 0 Å². The van der Waals surface area contributed by atoms with E-state index in [1.165, 1.54) is 17.4 Å². The first-order chi connectivity index (χ1) is 11.1. The Labute approximate surface area is 135 Å². The monoisotopic (exact) mass is 353 g/mol. The van der Waals surface area contributed by atoms with Crippen LogP contribution in [-0.2, 0) is 20.7 Å². The summed E-state index contributed by atoms with van der Waals surface area (Å²) in [5, 5.41) is 1.44. The van der Waals surface area contributed by atoms with Gasteiger partial charge < -0.3 is 10.1 Å². The van der Waals surface area contributed by atoms with E-state index >= 15 is 0 Å². The van der Waals surface area contributed by atoms with Gasteiger partial charge in [-0.05, 0) is 12.0 Å². The number of halogens is 5. The summed E-state index contributed by atoms with van der Waals surface area (Å²) < 4.78 is 67.6. The lowest BCUT2D eigenvalue weighted by molar-refractivity contribution is -0.270. The van der Waals surface area contributed by atoms with Gasteiger partial charge in [0.25, 0.3) is 0 Å². The van der Waals surface area contributed by atoms with Gasteiger partial charge in [0.15, 0.2) is 0 Å². The van der Waals surface area contributed by atoms with E-state index in [2.05, 4.69) is 0 Å². The highest BCUT2D eigenvalue weighted by molar-refractivity contribution is 5.89. The number of esters is 1. The molecule has 0 fully saturated rings. The predicted octanol–water partition coefficient (Wildman–Crippen LogP) is 2.86.